The van der Waals surface area contributed by atoms with Gasteiger partial charge in [-0.25, -0.2) is 13.2 Å². The summed E-state index contributed by atoms with van der Waals surface area (Å²) in [5, 5.41) is 8.77. The van der Waals surface area contributed by atoms with Gasteiger partial charge in [-0.05, 0) is 27.7 Å². The standard InChI is InChI=1S/C9H16O5S/c1-5-14-6-7(8(10)11)15(12,13)9(2,3)4/h6H,5H2,1-4H3,(H,10,11)/b7-6+. The van der Waals surface area contributed by atoms with Crippen LogP contribution >= 0.6 is 0 Å². The summed E-state index contributed by atoms with van der Waals surface area (Å²) in [4.78, 5) is 10.1. The molecule has 6 heteroatoms. The average molecular weight is 236 g/mol. The van der Waals surface area contributed by atoms with Gasteiger partial charge in [0.15, 0.2) is 14.7 Å². The number of ether oxygens (including phenoxy) is 1. The van der Waals surface area contributed by atoms with E-state index in [1.807, 2.05) is 0 Å². The van der Waals surface area contributed by atoms with Gasteiger partial charge in [0.1, 0.15) is 6.26 Å². The van der Waals surface area contributed by atoms with Gasteiger partial charge in [0, 0.05) is 0 Å². The van der Waals surface area contributed by atoms with E-state index in [1.165, 1.54) is 20.8 Å². The molecule has 0 radical (unpaired) electrons. The van der Waals surface area contributed by atoms with Crippen molar-refractivity contribution in [2.24, 2.45) is 0 Å². The zero-order valence-corrected chi connectivity index (χ0v) is 10.1. The number of hydrogen-bond donors (Lipinski definition) is 1. The van der Waals surface area contributed by atoms with Crippen molar-refractivity contribution < 1.29 is 23.1 Å². The predicted octanol–water partition coefficient (Wildman–Crippen LogP) is 1.16. The lowest BCUT2D eigenvalue weighted by molar-refractivity contribution is -0.132. The Kier molecular flexibility index (Phi) is 4.33. The van der Waals surface area contributed by atoms with Gasteiger partial charge in [0.05, 0.1) is 11.4 Å². The molecule has 0 aromatic carbocycles. The summed E-state index contributed by atoms with van der Waals surface area (Å²) in [6.07, 6.45) is 0.781. The van der Waals surface area contributed by atoms with Crippen LogP contribution in [0.2, 0.25) is 0 Å². The van der Waals surface area contributed by atoms with Gasteiger partial charge in [0.25, 0.3) is 0 Å². The lowest BCUT2D eigenvalue weighted by Crippen LogP contribution is -2.32. The molecule has 0 heterocycles. The predicted molar refractivity (Wildman–Crippen MR) is 56.0 cm³/mol. The first-order chi connectivity index (χ1) is 6.64. The molecule has 88 valence electrons. The molecule has 0 bridgehead atoms. The normalized spacial score (nSPS) is 13.7. The van der Waals surface area contributed by atoms with Gasteiger partial charge in [0.2, 0.25) is 0 Å². The molecular weight excluding hydrogens is 220 g/mol. The Balaban J connectivity index is 5.40. The van der Waals surface area contributed by atoms with Crippen LogP contribution in [0.3, 0.4) is 0 Å². The van der Waals surface area contributed by atoms with Gasteiger partial charge >= 0.3 is 5.97 Å². The van der Waals surface area contributed by atoms with Crippen molar-refractivity contribution in [3.63, 3.8) is 0 Å². The molecule has 1 N–H and O–H groups in total. The van der Waals surface area contributed by atoms with Crippen LogP contribution in [0.15, 0.2) is 11.2 Å². The molecule has 5 nitrogen and oxygen atoms in total. The summed E-state index contributed by atoms with van der Waals surface area (Å²) >= 11 is 0. The minimum atomic E-state index is -3.87. The molecule has 0 unspecified atom stereocenters. The first kappa shape index (κ1) is 14.0. The van der Waals surface area contributed by atoms with Crippen LogP contribution in [-0.4, -0.2) is 30.8 Å². The highest BCUT2D eigenvalue weighted by atomic mass is 32.2. The number of hydrogen-bond acceptors (Lipinski definition) is 4. The van der Waals surface area contributed by atoms with Gasteiger partial charge in [-0.1, -0.05) is 0 Å². The van der Waals surface area contributed by atoms with Crippen molar-refractivity contribution in [1.29, 1.82) is 0 Å². The van der Waals surface area contributed by atoms with Crippen LogP contribution in [-0.2, 0) is 19.4 Å². The molecular formula is C9H16O5S. The maximum Gasteiger partial charge on any atom is 0.350 e. The van der Waals surface area contributed by atoms with Crippen LogP contribution in [0.1, 0.15) is 27.7 Å². The molecule has 0 aromatic rings. The van der Waals surface area contributed by atoms with E-state index in [9.17, 15) is 13.2 Å². The van der Waals surface area contributed by atoms with Crippen molar-refractivity contribution in [3.05, 3.63) is 11.2 Å². The Hall–Kier alpha value is -1.04. The molecule has 0 amide bonds. The van der Waals surface area contributed by atoms with Crippen LogP contribution in [0.4, 0.5) is 0 Å². The van der Waals surface area contributed by atoms with E-state index in [-0.39, 0.29) is 6.61 Å². The monoisotopic (exact) mass is 236 g/mol. The van der Waals surface area contributed by atoms with Gasteiger partial charge in [-0.15, -0.1) is 0 Å². The van der Waals surface area contributed by atoms with Crippen molar-refractivity contribution in [2.45, 2.75) is 32.4 Å². The third-order valence-corrected chi connectivity index (χ3v) is 4.13. The van der Waals surface area contributed by atoms with Crippen LogP contribution in [0.25, 0.3) is 0 Å². The molecule has 0 saturated carbocycles. The highest BCUT2D eigenvalue weighted by Crippen LogP contribution is 2.23. The summed E-state index contributed by atoms with van der Waals surface area (Å²) in [6.45, 7) is 6.16. The first-order valence-electron chi connectivity index (χ1n) is 4.44. The number of carboxylic acid groups (broad SMARTS) is 1. The molecule has 0 aliphatic rings. The van der Waals surface area contributed by atoms with E-state index in [0.717, 1.165) is 6.26 Å². The van der Waals surface area contributed by atoms with Crippen molar-refractivity contribution >= 4 is 15.8 Å². The van der Waals surface area contributed by atoms with E-state index in [2.05, 4.69) is 0 Å². The fraction of sp³-hybridized carbons (Fsp3) is 0.667. The number of carboxylic acids is 1. The zero-order chi connectivity index (χ0) is 12.3. The fourth-order valence-corrected chi connectivity index (χ4v) is 1.80. The van der Waals surface area contributed by atoms with Crippen molar-refractivity contribution in [1.82, 2.24) is 0 Å². The maximum atomic E-state index is 11.8. The lowest BCUT2D eigenvalue weighted by Gasteiger charge is -2.19. The third kappa shape index (κ3) is 3.23. The summed E-state index contributed by atoms with van der Waals surface area (Å²) in [7, 11) is -3.87. The quantitative estimate of drug-likeness (QED) is 0.585. The molecule has 0 atom stereocenters. The van der Waals surface area contributed by atoms with E-state index in [4.69, 9.17) is 9.84 Å². The Morgan fingerprint density at radius 2 is 1.87 bits per heavy atom. The summed E-state index contributed by atoms with van der Waals surface area (Å²) in [5.41, 5.74) is 0. The van der Waals surface area contributed by atoms with E-state index >= 15 is 0 Å². The highest BCUT2D eigenvalue weighted by molar-refractivity contribution is 7.97. The van der Waals surface area contributed by atoms with Crippen LogP contribution < -0.4 is 0 Å². The Morgan fingerprint density at radius 3 is 2.13 bits per heavy atom. The van der Waals surface area contributed by atoms with Crippen molar-refractivity contribution in [2.75, 3.05) is 6.61 Å². The second-order valence-corrected chi connectivity index (χ2v) is 6.53. The molecule has 0 spiro atoms. The fourth-order valence-electron chi connectivity index (χ4n) is 0.718. The minimum Gasteiger partial charge on any atom is -0.500 e. The third-order valence-electron chi connectivity index (χ3n) is 1.66. The topological polar surface area (TPSA) is 80.7 Å². The smallest absolute Gasteiger partial charge is 0.350 e. The number of carbonyl (C=O) groups is 1. The van der Waals surface area contributed by atoms with Gasteiger partial charge < -0.3 is 9.84 Å². The number of rotatable bonds is 4. The first-order valence-corrected chi connectivity index (χ1v) is 5.92. The molecule has 0 saturated heterocycles. The molecule has 15 heavy (non-hydrogen) atoms. The largest absolute Gasteiger partial charge is 0.500 e. The second kappa shape index (κ2) is 4.65. The number of sulfone groups is 1. The van der Waals surface area contributed by atoms with Gasteiger partial charge in [-0.2, -0.15) is 0 Å². The molecule has 0 aromatic heterocycles. The molecule has 0 aliphatic carbocycles. The average Bonchev–Trinajstić information content (AvgIpc) is 2.01. The molecule has 0 fully saturated rings. The minimum absolute atomic E-state index is 0.219. The van der Waals surface area contributed by atoms with Crippen LogP contribution in [0, 0.1) is 0 Å². The lowest BCUT2D eigenvalue weighted by atomic mass is 10.3. The van der Waals surface area contributed by atoms with Crippen molar-refractivity contribution in [3.8, 4) is 0 Å². The van der Waals surface area contributed by atoms with E-state index < -0.39 is 25.5 Å². The Bertz CT molecular complexity index is 358. The van der Waals surface area contributed by atoms with Crippen LogP contribution in [0.5, 0.6) is 0 Å². The molecule has 0 rings (SSSR count). The zero-order valence-electron chi connectivity index (χ0n) is 9.27. The summed E-state index contributed by atoms with van der Waals surface area (Å²) < 4.78 is 27.1. The second-order valence-electron chi connectivity index (χ2n) is 3.86. The summed E-state index contributed by atoms with van der Waals surface area (Å²) in [6, 6.07) is 0. The summed E-state index contributed by atoms with van der Waals surface area (Å²) in [5.74, 6) is -1.50. The van der Waals surface area contributed by atoms with E-state index in [0.29, 0.717) is 0 Å². The van der Waals surface area contributed by atoms with E-state index in [1.54, 1.807) is 6.92 Å². The SMILES string of the molecule is CCO/C=C(\C(=O)O)S(=O)(=O)C(C)(C)C. The highest BCUT2D eigenvalue weighted by Gasteiger charge is 2.37. The maximum absolute atomic E-state index is 11.8. The molecule has 0 aliphatic heterocycles. The number of aliphatic carboxylic acids is 1. The Morgan fingerprint density at radius 1 is 1.40 bits per heavy atom. The van der Waals surface area contributed by atoms with Gasteiger partial charge in [-0.3, -0.25) is 0 Å². The Labute approximate surface area is 89.7 Å².